The fraction of sp³-hybridized carbons (Fsp3) is 1.00. The molecule has 3 heteroatoms. The van der Waals surface area contributed by atoms with Gasteiger partial charge in [0.2, 0.25) is 0 Å². The smallest absolute Gasteiger partial charge is 0.0110 e. The van der Waals surface area contributed by atoms with Crippen molar-refractivity contribution in [2.24, 2.45) is 5.92 Å². The van der Waals surface area contributed by atoms with Gasteiger partial charge in [0.1, 0.15) is 0 Å². The van der Waals surface area contributed by atoms with E-state index in [2.05, 4.69) is 35.6 Å². The van der Waals surface area contributed by atoms with E-state index in [1.807, 2.05) is 27.7 Å². The summed E-state index contributed by atoms with van der Waals surface area (Å²) >= 11 is 0. The Labute approximate surface area is 134 Å². The van der Waals surface area contributed by atoms with Gasteiger partial charge in [0.05, 0.1) is 0 Å². The minimum atomic E-state index is 0.736. The van der Waals surface area contributed by atoms with Crippen LogP contribution in [0.2, 0.25) is 0 Å². The van der Waals surface area contributed by atoms with Crippen LogP contribution in [-0.4, -0.2) is 73.6 Å². The number of hydrogen-bond donors (Lipinski definition) is 0. The molecule has 0 aromatic heterocycles. The van der Waals surface area contributed by atoms with Crippen molar-refractivity contribution in [2.75, 3.05) is 52.9 Å². The molecule has 2 aliphatic heterocycles. The number of piperidine rings is 1. The number of hydrogen-bond acceptors (Lipinski definition) is 3. The fourth-order valence-electron chi connectivity index (χ4n) is 3.05. The Hall–Kier alpha value is -0.120. The minimum Gasteiger partial charge on any atom is -0.304 e. The average molecular weight is 300 g/mol. The SMILES string of the molecule is CC.CC.CC(C)N1CCC(CN2CCN(C)CC2)CC1. The van der Waals surface area contributed by atoms with E-state index in [4.69, 9.17) is 0 Å². The first-order valence-corrected chi connectivity index (χ1v) is 9.30. The third kappa shape index (κ3) is 8.18. The maximum atomic E-state index is 2.68. The predicted octanol–water partition coefficient (Wildman–Crippen LogP) is 3.41. The van der Waals surface area contributed by atoms with E-state index < -0.39 is 0 Å². The number of likely N-dealkylation sites (tertiary alicyclic amines) is 1. The second-order valence-electron chi connectivity index (χ2n) is 6.18. The topological polar surface area (TPSA) is 9.72 Å². The van der Waals surface area contributed by atoms with Crippen molar-refractivity contribution in [1.82, 2.24) is 14.7 Å². The molecule has 0 unspecified atom stereocenters. The van der Waals surface area contributed by atoms with Crippen LogP contribution in [0.4, 0.5) is 0 Å². The van der Waals surface area contributed by atoms with Gasteiger partial charge in [-0.15, -0.1) is 0 Å². The van der Waals surface area contributed by atoms with Gasteiger partial charge in [-0.25, -0.2) is 0 Å². The van der Waals surface area contributed by atoms with Crippen molar-refractivity contribution in [3.05, 3.63) is 0 Å². The maximum absolute atomic E-state index is 2.68. The molecule has 2 fully saturated rings. The van der Waals surface area contributed by atoms with Gasteiger partial charge >= 0.3 is 0 Å². The molecule has 0 N–H and O–H groups in total. The monoisotopic (exact) mass is 299 g/mol. The van der Waals surface area contributed by atoms with Gasteiger partial charge < -0.3 is 14.7 Å². The van der Waals surface area contributed by atoms with Crippen LogP contribution in [-0.2, 0) is 0 Å². The number of rotatable bonds is 3. The van der Waals surface area contributed by atoms with Gasteiger partial charge in [-0.05, 0) is 52.7 Å². The molecule has 2 aliphatic rings. The van der Waals surface area contributed by atoms with Crippen molar-refractivity contribution < 1.29 is 0 Å². The lowest BCUT2D eigenvalue weighted by Gasteiger charge is -2.39. The molecule has 0 saturated carbocycles. The van der Waals surface area contributed by atoms with E-state index >= 15 is 0 Å². The van der Waals surface area contributed by atoms with Crippen molar-refractivity contribution in [3.8, 4) is 0 Å². The predicted molar refractivity (Wildman–Crippen MR) is 96.1 cm³/mol. The van der Waals surface area contributed by atoms with Gasteiger partial charge in [-0.1, -0.05) is 27.7 Å². The van der Waals surface area contributed by atoms with Crippen LogP contribution in [0, 0.1) is 5.92 Å². The molecule has 0 aromatic carbocycles. The first-order valence-electron chi connectivity index (χ1n) is 9.30. The normalized spacial score (nSPS) is 22.3. The van der Waals surface area contributed by atoms with Crippen LogP contribution in [0.1, 0.15) is 54.4 Å². The molecular formula is C18H41N3. The average Bonchev–Trinajstić information content (AvgIpc) is 2.54. The molecule has 0 aliphatic carbocycles. The summed E-state index contributed by atoms with van der Waals surface area (Å²) in [6.45, 7) is 21.7. The highest BCUT2D eigenvalue weighted by molar-refractivity contribution is 4.78. The van der Waals surface area contributed by atoms with Crippen LogP contribution in [0.25, 0.3) is 0 Å². The van der Waals surface area contributed by atoms with Crippen LogP contribution in [0.15, 0.2) is 0 Å². The lowest BCUT2D eigenvalue weighted by molar-refractivity contribution is 0.0956. The highest BCUT2D eigenvalue weighted by Crippen LogP contribution is 2.20. The van der Waals surface area contributed by atoms with Crippen LogP contribution >= 0.6 is 0 Å². The molecule has 2 heterocycles. The lowest BCUT2D eigenvalue weighted by atomic mass is 9.95. The van der Waals surface area contributed by atoms with Crippen molar-refractivity contribution >= 4 is 0 Å². The molecule has 3 nitrogen and oxygen atoms in total. The van der Waals surface area contributed by atoms with Crippen LogP contribution < -0.4 is 0 Å². The molecule has 0 radical (unpaired) electrons. The number of likely N-dealkylation sites (N-methyl/N-ethyl adjacent to an activating group) is 1. The highest BCUT2D eigenvalue weighted by atomic mass is 15.2. The van der Waals surface area contributed by atoms with E-state index in [0.717, 1.165) is 12.0 Å². The first-order chi connectivity index (χ1) is 10.1. The molecule has 0 amide bonds. The second kappa shape index (κ2) is 12.4. The summed E-state index contributed by atoms with van der Waals surface area (Å²) in [5.41, 5.74) is 0. The van der Waals surface area contributed by atoms with E-state index in [1.165, 1.54) is 58.7 Å². The van der Waals surface area contributed by atoms with Gasteiger partial charge in [0.15, 0.2) is 0 Å². The fourth-order valence-corrected chi connectivity index (χ4v) is 3.05. The summed E-state index contributed by atoms with van der Waals surface area (Å²) < 4.78 is 0. The third-order valence-electron chi connectivity index (χ3n) is 4.49. The first kappa shape index (κ1) is 20.9. The Morgan fingerprint density at radius 1 is 0.810 bits per heavy atom. The molecule has 21 heavy (non-hydrogen) atoms. The minimum absolute atomic E-state index is 0.736. The van der Waals surface area contributed by atoms with Crippen molar-refractivity contribution in [2.45, 2.75) is 60.4 Å². The van der Waals surface area contributed by atoms with E-state index in [0.29, 0.717) is 0 Å². The molecule has 0 bridgehead atoms. The Balaban J connectivity index is 0.000000921. The van der Waals surface area contributed by atoms with Gasteiger partial charge in [-0.2, -0.15) is 0 Å². The Morgan fingerprint density at radius 3 is 1.71 bits per heavy atom. The molecule has 0 spiro atoms. The Bertz CT molecular complexity index is 215. The standard InChI is InChI=1S/C14H29N3.2C2H6/c1-13(2)17-6-4-14(5-7-17)12-16-10-8-15(3)9-11-16;2*1-2/h13-14H,4-12H2,1-3H3;2*1-2H3. The second-order valence-corrected chi connectivity index (χ2v) is 6.18. The van der Waals surface area contributed by atoms with Gasteiger partial charge in [-0.3, -0.25) is 0 Å². The maximum Gasteiger partial charge on any atom is 0.0110 e. The molecule has 2 saturated heterocycles. The summed E-state index contributed by atoms with van der Waals surface area (Å²) in [6, 6.07) is 0.736. The zero-order chi connectivity index (χ0) is 16.3. The molecule has 0 aromatic rings. The van der Waals surface area contributed by atoms with E-state index in [-0.39, 0.29) is 0 Å². The quantitative estimate of drug-likeness (QED) is 0.791. The van der Waals surface area contributed by atoms with Crippen molar-refractivity contribution in [3.63, 3.8) is 0 Å². The lowest BCUT2D eigenvalue weighted by Crippen LogP contribution is -2.48. The molecular weight excluding hydrogens is 258 g/mol. The summed E-state index contributed by atoms with van der Waals surface area (Å²) in [6.07, 6.45) is 2.81. The molecule has 2 rings (SSSR count). The Morgan fingerprint density at radius 2 is 1.29 bits per heavy atom. The van der Waals surface area contributed by atoms with Crippen molar-refractivity contribution in [1.29, 1.82) is 0 Å². The molecule has 0 atom stereocenters. The number of nitrogens with zero attached hydrogens (tertiary/aromatic N) is 3. The summed E-state index contributed by atoms with van der Waals surface area (Å²) in [5.74, 6) is 0.952. The Kier molecular flexibility index (Phi) is 12.4. The van der Waals surface area contributed by atoms with E-state index in [1.54, 1.807) is 0 Å². The molecule has 128 valence electrons. The largest absolute Gasteiger partial charge is 0.304 e. The van der Waals surface area contributed by atoms with Crippen LogP contribution in [0.5, 0.6) is 0 Å². The number of piperazine rings is 1. The summed E-state index contributed by atoms with van der Waals surface area (Å²) in [4.78, 5) is 7.74. The van der Waals surface area contributed by atoms with E-state index in [9.17, 15) is 0 Å². The summed E-state index contributed by atoms with van der Waals surface area (Å²) in [5, 5.41) is 0. The zero-order valence-corrected chi connectivity index (χ0v) is 15.9. The van der Waals surface area contributed by atoms with Gasteiger partial charge in [0.25, 0.3) is 0 Å². The zero-order valence-electron chi connectivity index (χ0n) is 15.9. The highest BCUT2D eigenvalue weighted by Gasteiger charge is 2.23. The summed E-state index contributed by atoms with van der Waals surface area (Å²) in [7, 11) is 2.23. The third-order valence-corrected chi connectivity index (χ3v) is 4.49. The van der Waals surface area contributed by atoms with Crippen LogP contribution in [0.3, 0.4) is 0 Å². The van der Waals surface area contributed by atoms with Gasteiger partial charge in [0, 0.05) is 38.8 Å².